The van der Waals surface area contributed by atoms with Crippen LogP contribution in [0.2, 0.25) is 0 Å². The summed E-state index contributed by atoms with van der Waals surface area (Å²) in [6, 6.07) is 0.109. The number of nitrogens with zero attached hydrogens (tertiary/aromatic N) is 3. The molecule has 0 aliphatic carbocycles. The molecule has 7 heteroatoms. The lowest BCUT2D eigenvalue weighted by atomic mass is 10.3. The van der Waals surface area contributed by atoms with Crippen molar-refractivity contribution in [1.82, 2.24) is 9.97 Å². The molecule has 0 unspecified atom stereocenters. The summed E-state index contributed by atoms with van der Waals surface area (Å²) >= 11 is 3.41. The summed E-state index contributed by atoms with van der Waals surface area (Å²) in [5, 5.41) is 3.12. The Kier molecular flexibility index (Phi) is 6.01. The average Bonchev–Trinajstić information content (AvgIpc) is 2.35. The quantitative estimate of drug-likeness (QED) is 0.796. The zero-order valence-corrected chi connectivity index (χ0v) is 13.1. The Hall–Kier alpha value is -1.37. The molecule has 6 nitrogen and oxygen atoms in total. The number of carbonyl (C=O) groups is 1. The Morgan fingerprint density at radius 2 is 2.26 bits per heavy atom. The van der Waals surface area contributed by atoms with Gasteiger partial charge in [0.15, 0.2) is 0 Å². The van der Waals surface area contributed by atoms with Crippen molar-refractivity contribution in [3.63, 3.8) is 0 Å². The fourth-order valence-corrected chi connectivity index (χ4v) is 1.97. The van der Waals surface area contributed by atoms with Crippen molar-refractivity contribution in [3.05, 3.63) is 10.7 Å². The Morgan fingerprint density at radius 1 is 1.58 bits per heavy atom. The summed E-state index contributed by atoms with van der Waals surface area (Å²) in [5.41, 5.74) is 5.28. The van der Waals surface area contributed by atoms with Gasteiger partial charge in [0.05, 0.1) is 11.0 Å². The van der Waals surface area contributed by atoms with Crippen LogP contribution in [0.4, 0.5) is 11.8 Å². The number of nitrogens with two attached hydrogens (primary N) is 1. The molecule has 0 saturated heterocycles. The second-order valence-corrected chi connectivity index (χ2v) is 5.33. The van der Waals surface area contributed by atoms with Gasteiger partial charge in [-0.25, -0.2) is 4.98 Å². The summed E-state index contributed by atoms with van der Waals surface area (Å²) in [6.45, 7) is 6.96. The van der Waals surface area contributed by atoms with E-state index in [4.69, 9.17) is 5.73 Å². The zero-order valence-electron chi connectivity index (χ0n) is 11.5. The van der Waals surface area contributed by atoms with Crippen molar-refractivity contribution in [3.8, 4) is 0 Å². The number of nitrogens with one attached hydrogen (secondary N) is 1. The summed E-state index contributed by atoms with van der Waals surface area (Å²) in [7, 11) is 0. The molecule has 1 aromatic rings. The number of primary amides is 1. The number of aromatic nitrogens is 2. The molecule has 0 fully saturated rings. The number of halogens is 1. The largest absolute Gasteiger partial charge is 0.368 e. The van der Waals surface area contributed by atoms with E-state index >= 15 is 0 Å². The van der Waals surface area contributed by atoms with Crippen LogP contribution in [0.25, 0.3) is 0 Å². The Labute approximate surface area is 121 Å². The van der Waals surface area contributed by atoms with E-state index in [9.17, 15) is 4.79 Å². The molecule has 106 valence electrons. The van der Waals surface area contributed by atoms with Gasteiger partial charge in [-0.05, 0) is 36.2 Å². The summed E-state index contributed by atoms with van der Waals surface area (Å²) in [4.78, 5) is 21.6. The first-order valence-corrected chi connectivity index (χ1v) is 7.06. The van der Waals surface area contributed by atoms with Crippen LogP contribution in [0, 0.1) is 0 Å². The third-order valence-corrected chi connectivity index (χ3v) is 3.04. The highest BCUT2D eigenvalue weighted by Crippen LogP contribution is 2.25. The van der Waals surface area contributed by atoms with Gasteiger partial charge in [-0.1, -0.05) is 6.92 Å². The first kappa shape index (κ1) is 15.7. The van der Waals surface area contributed by atoms with Crippen molar-refractivity contribution in [2.45, 2.75) is 33.2 Å². The van der Waals surface area contributed by atoms with E-state index < -0.39 is 0 Å². The lowest BCUT2D eigenvalue weighted by Crippen LogP contribution is -2.39. The summed E-state index contributed by atoms with van der Waals surface area (Å²) in [6.07, 6.45) is 2.67. The van der Waals surface area contributed by atoms with Gasteiger partial charge >= 0.3 is 0 Å². The predicted octanol–water partition coefficient (Wildman–Crippen LogP) is 1.76. The Morgan fingerprint density at radius 3 is 2.79 bits per heavy atom. The molecule has 0 bridgehead atoms. The van der Waals surface area contributed by atoms with E-state index in [0.29, 0.717) is 11.8 Å². The maximum absolute atomic E-state index is 11.2. The number of amides is 1. The summed E-state index contributed by atoms with van der Waals surface area (Å²) in [5.74, 6) is 0.833. The molecule has 1 heterocycles. The summed E-state index contributed by atoms with van der Waals surface area (Å²) < 4.78 is 0.740. The third-order valence-electron chi connectivity index (χ3n) is 2.48. The fourth-order valence-electron chi connectivity index (χ4n) is 1.55. The van der Waals surface area contributed by atoms with Gasteiger partial charge in [0.1, 0.15) is 5.82 Å². The molecular formula is C12H20BrN5O. The molecule has 1 amide bonds. The molecule has 0 saturated carbocycles. The van der Waals surface area contributed by atoms with Gasteiger partial charge < -0.3 is 16.0 Å². The predicted molar refractivity (Wildman–Crippen MR) is 80.2 cm³/mol. The molecule has 0 aliphatic rings. The van der Waals surface area contributed by atoms with Gasteiger partial charge in [0, 0.05) is 18.8 Å². The van der Waals surface area contributed by atoms with Crippen LogP contribution in [0.1, 0.15) is 27.2 Å². The van der Waals surface area contributed by atoms with Crippen LogP contribution in [0.15, 0.2) is 10.7 Å². The van der Waals surface area contributed by atoms with E-state index in [1.165, 1.54) is 0 Å². The number of rotatable bonds is 7. The number of hydrogen-bond acceptors (Lipinski definition) is 5. The monoisotopic (exact) mass is 329 g/mol. The van der Waals surface area contributed by atoms with Crippen molar-refractivity contribution in [2.24, 2.45) is 5.73 Å². The number of anilines is 2. The van der Waals surface area contributed by atoms with E-state index in [1.54, 1.807) is 6.20 Å². The minimum atomic E-state index is -0.387. The Balaban J connectivity index is 3.03. The highest BCUT2D eigenvalue weighted by atomic mass is 79.9. The highest BCUT2D eigenvalue weighted by Gasteiger charge is 2.18. The lowest BCUT2D eigenvalue weighted by molar-refractivity contribution is -0.116. The van der Waals surface area contributed by atoms with E-state index in [1.807, 2.05) is 18.7 Å². The lowest BCUT2D eigenvalue weighted by Gasteiger charge is -2.27. The van der Waals surface area contributed by atoms with Crippen molar-refractivity contribution in [2.75, 3.05) is 23.3 Å². The molecule has 19 heavy (non-hydrogen) atoms. The van der Waals surface area contributed by atoms with Crippen molar-refractivity contribution < 1.29 is 4.79 Å². The fraction of sp³-hybridized carbons (Fsp3) is 0.583. The highest BCUT2D eigenvalue weighted by molar-refractivity contribution is 9.10. The van der Waals surface area contributed by atoms with Gasteiger partial charge in [0.25, 0.3) is 0 Å². The molecular weight excluding hydrogens is 310 g/mol. The first-order valence-electron chi connectivity index (χ1n) is 6.27. The van der Waals surface area contributed by atoms with Crippen LogP contribution in [-0.4, -0.2) is 35.0 Å². The van der Waals surface area contributed by atoms with Crippen LogP contribution in [0.5, 0.6) is 0 Å². The minimum absolute atomic E-state index is 0.109. The van der Waals surface area contributed by atoms with Crippen molar-refractivity contribution in [1.29, 1.82) is 0 Å². The molecule has 0 aromatic carbocycles. The van der Waals surface area contributed by atoms with Crippen molar-refractivity contribution >= 4 is 33.6 Å². The third kappa shape index (κ3) is 4.66. The molecule has 0 spiro atoms. The van der Waals surface area contributed by atoms with Gasteiger partial charge in [0.2, 0.25) is 11.9 Å². The zero-order chi connectivity index (χ0) is 14.4. The minimum Gasteiger partial charge on any atom is -0.368 e. The molecule has 0 atom stereocenters. The smallest absolute Gasteiger partial charge is 0.237 e. The maximum atomic E-state index is 11.2. The molecule has 3 N–H and O–H groups in total. The van der Waals surface area contributed by atoms with Crippen LogP contribution in [0.3, 0.4) is 0 Å². The second kappa shape index (κ2) is 7.28. The van der Waals surface area contributed by atoms with Gasteiger partial charge in [-0.2, -0.15) is 4.98 Å². The number of hydrogen-bond donors (Lipinski definition) is 2. The van der Waals surface area contributed by atoms with E-state index in [-0.39, 0.29) is 18.5 Å². The second-order valence-electron chi connectivity index (χ2n) is 4.48. The SMILES string of the molecule is CCCNc1ncc(Br)c(N(CC(N)=O)C(C)C)n1. The van der Waals surface area contributed by atoms with E-state index in [0.717, 1.165) is 17.4 Å². The number of carbonyl (C=O) groups excluding carboxylic acids is 1. The molecule has 0 radical (unpaired) electrons. The average molecular weight is 330 g/mol. The molecule has 0 aliphatic heterocycles. The maximum Gasteiger partial charge on any atom is 0.237 e. The standard InChI is InChI=1S/C12H20BrN5O/c1-4-5-15-12-16-6-9(13)11(17-12)18(8(2)3)7-10(14)19/h6,8H,4-5,7H2,1-3H3,(H2,14,19)(H,15,16,17). The van der Waals surface area contributed by atoms with Crippen LogP contribution >= 0.6 is 15.9 Å². The molecule has 1 rings (SSSR count). The van der Waals surface area contributed by atoms with Gasteiger partial charge in [-0.15, -0.1) is 0 Å². The first-order chi connectivity index (χ1) is 8.95. The van der Waals surface area contributed by atoms with Gasteiger partial charge in [-0.3, -0.25) is 4.79 Å². The molecule has 1 aromatic heterocycles. The Bertz CT molecular complexity index is 438. The van der Waals surface area contributed by atoms with Crippen LogP contribution in [-0.2, 0) is 4.79 Å². The van der Waals surface area contributed by atoms with Crippen LogP contribution < -0.4 is 16.0 Å². The normalized spacial score (nSPS) is 10.6. The topological polar surface area (TPSA) is 84.1 Å². The van der Waals surface area contributed by atoms with E-state index in [2.05, 4.69) is 38.1 Å².